The van der Waals surface area contributed by atoms with Crippen LogP contribution in [0.4, 0.5) is 0 Å². The quantitative estimate of drug-likeness (QED) is 0.413. The lowest BCUT2D eigenvalue weighted by Crippen LogP contribution is -2.32. The molecule has 1 aliphatic heterocycles. The summed E-state index contributed by atoms with van der Waals surface area (Å²) in [5, 5.41) is 21.2. The number of hydrogen-bond donors (Lipinski definition) is 2. The van der Waals surface area contributed by atoms with Gasteiger partial charge in [-0.2, -0.15) is 0 Å². The van der Waals surface area contributed by atoms with E-state index in [1.54, 1.807) is 24.3 Å². The Morgan fingerprint density at radius 2 is 1.80 bits per heavy atom. The van der Waals surface area contributed by atoms with Crippen LogP contribution < -0.4 is 4.74 Å². The summed E-state index contributed by atoms with van der Waals surface area (Å²) in [6, 6.07) is 11.0. The van der Waals surface area contributed by atoms with Crippen molar-refractivity contribution >= 4 is 17.4 Å². The highest BCUT2D eigenvalue weighted by Crippen LogP contribution is 2.41. The SMILES string of the molecule is CCc1ccc(/C(O)=C2/C(=O)C(=O)N(CCOC)C2c2ccc(OC)c(O)c2)cc1. The van der Waals surface area contributed by atoms with Crippen molar-refractivity contribution in [3.05, 3.63) is 64.7 Å². The van der Waals surface area contributed by atoms with Crippen molar-refractivity contribution in [1.82, 2.24) is 4.90 Å². The summed E-state index contributed by atoms with van der Waals surface area (Å²) in [6.07, 6.45) is 0.841. The normalized spacial score (nSPS) is 18.1. The number of ketones is 1. The van der Waals surface area contributed by atoms with Crippen molar-refractivity contribution < 1.29 is 29.3 Å². The molecule has 158 valence electrons. The highest BCUT2D eigenvalue weighted by molar-refractivity contribution is 6.46. The van der Waals surface area contributed by atoms with Crippen LogP contribution in [0.1, 0.15) is 29.7 Å². The Morgan fingerprint density at radius 3 is 2.37 bits per heavy atom. The second-order valence-electron chi connectivity index (χ2n) is 6.97. The van der Waals surface area contributed by atoms with Gasteiger partial charge < -0.3 is 24.6 Å². The van der Waals surface area contributed by atoms with Gasteiger partial charge >= 0.3 is 0 Å². The summed E-state index contributed by atoms with van der Waals surface area (Å²) in [7, 11) is 2.93. The fraction of sp³-hybridized carbons (Fsp3) is 0.304. The number of nitrogens with zero attached hydrogens (tertiary/aromatic N) is 1. The molecule has 0 spiro atoms. The van der Waals surface area contributed by atoms with Crippen LogP contribution in [-0.4, -0.2) is 54.2 Å². The van der Waals surface area contributed by atoms with E-state index in [1.807, 2.05) is 19.1 Å². The summed E-state index contributed by atoms with van der Waals surface area (Å²) in [6.45, 7) is 2.40. The van der Waals surface area contributed by atoms with Crippen LogP contribution in [0, 0.1) is 0 Å². The van der Waals surface area contributed by atoms with E-state index in [0.717, 1.165) is 12.0 Å². The average Bonchev–Trinajstić information content (AvgIpc) is 3.01. The van der Waals surface area contributed by atoms with Gasteiger partial charge in [0.2, 0.25) is 0 Å². The minimum atomic E-state index is -0.859. The van der Waals surface area contributed by atoms with Gasteiger partial charge in [-0.3, -0.25) is 9.59 Å². The maximum absolute atomic E-state index is 12.9. The molecule has 1 unspecified atom stereocenters. The zero-order chi connectivity index (χ0) is 21.8. The number of hydrogen-bond acceptors (Lipinski definition) is 6. The molecule has 30 heavy (non-hydrogen) atoms. The molecule has 2 aromatic carbocycles. The number of carbonyl (C=O) groups is 2. The van der Waals surface area contributed by atoms with Gasteiger partial charge in [-0.15, -0.1) is 0 Å². The summed E-state index contributed by atoms with van der Waals surface area (Å²) < 4.78 is 10.2. The first kappa shape index (κ1) is 21.4. The standard InChI is InChI=1S/C23H25NO6/c1-4-14-5-7-15(8-6-14)21(26)19-20(16-9-10-18(30-3)17(25)13-16)24(11-12-29-2)23(28)22(19)27/h5-10,13,20,25-26H,4,11-12H2,1-3H3/b21-19-. The summed E-state index contributed by atoms with van der Waals surface area (Å²) in [5.41, 5.74) is 1.99. The number of aromatic hydroxyl groups is 1. The molecule has 1 heterocycles. The number of rotatable bonds is 7. The molecular formula is C23H25NO6. The molecule has 0 aromatic heterocycles. The van der Waals surface area contributed by atoms with Crippen LogP contribution in [0.5, 0.6) is 11.5 Å². The third kappa shape index (κ3) is 3.89. The smallest absolute Gasteiger partial charge is 0.295 e. The van der Waals surface area contributed by atoms with Crippen LogP contribution in [0.15, 0.2) is 48.0 Å². The van der Waals surface area contributed by atoms with E-state index in [1.165, 1.54) is 25.2 Å². The fourth-order valence-electron chi connectivity index (χ4n) is 3.58. The monoisotopic (exact) mass is 411 g/mol. The third-order valence-electron chi connectivity index (χ3n) is 5.23. The van der Waals surface area contributed by atoms with Crippen LogP contribution >= 0.6 is 0 Å². The lowest BCUT2D eigenvalue weighted by atomic mass is 9.94. The molecule has 2 N–H and O–H groups in total. The van der Waals surface area contributed by atoms with Crippen LogP contribution in [0.3, 0.4) is 0 Å². The first-order valence-electron chi connectivity index (χ1n) is 9.66. The zero-order valence-corrected chi connectivity index (χ0v) is 17.2. The molecule has 1 atom stereocenters. The van der Waals surface area contributed by atoms with Gasteiger partial charge in [0.15, 0.2) is 11.5 Å². The topological polar surface area (TPSA) is 96.3 Å². The second-order valence-corrected chi connectivity index (χ2v) is 6.97. The zero-order valence-electron chi connectivity index (χ0n) is 17.2. The lowest BCUT2D eigenvalue weighted by Gasteiger charge is -2.25. The van der Waals surface area contributed by atoms with Gasteiger partial charge in [0.1, 0.15) is 5.76 Å². The largest absolute Gasteiger partial charge is 0.507 e. The molecule has 1 amide bonds. The van der Waals surface area contributed by atoms with Gasteiger partial charge in [0.05, 0.1) is 25.3 Å². The molecule has 7 heteroatoms. The number of methoxy groups -OCH3 is 2. The number of aliphatic hydroxyl groups is 1. The Labute approximate surface area is 175 Å². The maximum atomic E-state index is 12.9. The van der Waals surface area contributed by atoms with Gasteiger partial charge in [0.25, 0.3) is 11.7 Å². The third-order valence-corrected chi connectivity index (χ3v) is 5.23. The van der Waals surface area contributed by atoms with Gasteiger partial charge in [-0.05, 0) is 29.7 Å². The van der Waals surface area contributed by atoms with Gasteiger partial charge in [-0.1, -0.05) is 37.3 Å². The maximum Gasteiger partial charge on any atom is 0.295 e. The molecule has 0 saturated carbocycles. The number of carbonyl (C=O) groups excluding carboxylic acids is 2. The number of benzene rings is 2. The minimum absolute atomic E-state index is 0.0232. The summed E-state index contributed by atoms with van der Waals surface area (Å²) >= 11 is 0. The Kier molecular flexibility index (Phi) is 6.42. The second kappa shape index (κ2) is 9.00. The number of phenolic OH excluding ortho intramolecular Hbond substituents is 1. The van der Waals surface area contributed by atoms with Crippen molar-refractivity contribution in [3.63, 3.8) is 0 Å². The molecule has 7 nitrogen and oxygen atoms in total. The van der Waals surface area contributed by atoms with E-state index >= 15 is 0 Å². The number of aryl methyl sites for hydroxylation is 1. The molecular weight excluding hydrogens is 386 g/mol. The van der Waals surface area contributed by atoms with Crippen LogP contribution in [-0.2, 0) is 20.7 Å². The Morgan fingerprint density at radius 1 is 1.10 bits per heavy atom. The van der Waals surface area contributed by atoms with Crippen molar-refractivity contribution in [1.29, 1.82) is 0 Å². The Balaban J connectivity index is 2.15. The van der Waals surface area contributed by atoms with Crippen molar-refractivity contribution in [2.24, 2.45) is 0 Å². The molecule has 2 aromatic rings. The predicted molar refractivity (Wildman–Crippen MR) is 111 cm³/mol. The highest BCUT2D eigenvalue weighted by Gasteiger charge is 2.46. The molecule has 1 aliphatic rings. The first-order valence-corrected chi connectivity index (χ1v) is 9.66. The summed E-state index contributed by atoms with van der Waals surface area (Å²) in [4.78, 5) is 27.0. The van der Waals surface area contributed by atoms with E-state index in [4.69, 9.17) is 9.47 Å². The number of phenols is 1. The number of likely N-dealkylation sites (tertiary alicyclic amines) is 1. The van der Waals surface area contributed by atoms with E-state index in [2.05, 4.69) is 0 Å². The summed E-state index contributed by atoms with van der Waals surface area (Å²) in [5.74, 6) is -1.61. The molecule has 1 fully saturated rings. The highest BCUT2D eigenvalue weighted by atomic mass is 16.5. The number of aliphatic hydroxyl groups excluding tert-OH is 1. The Hall–Kier alpha value is -3.32. The molecule has 3 rings (SSSR count). The number of amides is 1. The van der Waals surface area contributed by atoms with Crippen LogP contribution in [0.25, 0.3) is 5.76 Å². The predicted octanol–water partition coefficient (Wildman–Crippen LogP) is 3.03. The molecule has 1 saturated heterocycles. The molecule has 0 aliphatic carbocycles. The van der Waals surface area contributed by atoms with Gasteiger partial charge in [0, 0.05) is 19.2 Å². The molecule has 0 radical (unpaired) electrons. The minimum Gasteiger partial charge on any atom is -0.507 e. The lowest BCUT2D eigenvalue weighted by molar-refractivity contribution is -0.140. The van der Waals surface area contributed by atoms with Gasteiger partial charge in [-0.25, -0.2) is 0 Å². The van der Waals surface area contributed by atoms with Crippen molar-refractivity contribution in [2.45, 2.75) is 19.4 Å². The van der Waals surface area contributed by atoms with Crippen molar-refractivity contribution in [3.8, 4) is 11.5 Å². The van der Waals surface area contributed by atoms with E-state index in [9.17, 15) is 19.8 Å². The molecule has 0 bridgehead atoms. The van der Waals surface area contributed by atoms with E-state index in [0.29, 0.717) is 11.1 Å². The first-order chi connectivity index (χ1) is 14.4. The Bertz CT molecular complexity index is 980. The van der Waals surface area contributed by atoms with Crippen LogP contribution in [0.2, 0.25) is 0 Å². The average molecular weight is 411 g/mol. The van der Waals surface area contributed by atoms with E-state index in [-0.39, 0.29) is 36.0 Å². The number of ether oxygens (including phenoxy) is 2. The number of Topliss-reactive ketones (excluding diaryl/α,β-unsaturated/α-hetero) is 1. The fourth-order valence-corrected chi connectivity index (χ4v) is 3.58. The van der Waals surface area contributed by atoms with E-state index < -0.39 is 17.7 Å². The van der Waals surface area contributed by atoms with Crippen molar-refractivity contribution in [2.75, 3.05) is 27.4 Å².